The number of fused-ring (bicyclic) bond motifs is 5. The van der Waals surface area contributed by atoms with Gasteiger partial charge in [-0.05, 0) is 54.8 Å². The Morgan fingerprint density at radius 3 is 1.89 bits per heavy atom. The van der Waals surface area contributed by atoms with E-state index in [1.54, 1.807) is 54.6 Å². The molecule has 3 aliphatic heterocycles. The molecule has 0 aromatic heterocycles. The van der Waals surface area contributed by atoms with E-state index in [1.807, 2.05) is 0 Å². The van der Waals surface area contributed by atoms with Crippen molar-refractivity contribution in [1.29, 1.82) is 0 Å². The van der Waals surface area contributed by atoms with Gasteiger partial charge in [-0.15, -0.1) is 0 Å². The van der Waals surface area contributed by atoms with Crippen molar-refractivity contribution in [3.05, 3.63) is 119 Å². The maximum absolute atomic E-state index is 16.4. The highest BCUT2D eigenvalue weighted by Crippen LogP contribution is 2.65. The molecule has 27 nitrogen and oxygen atoms in total. The summed E-state index contributed by atoms with van der Waals surface area (Å²) in [4.78, 5) is 101. The van der Waals surface area contributed by atoms with Gasteiger partial charge in [-0.1, -0.05) is 80.6 Å². The molecule has 3 aromatic carbocycles. The molecule has 0 radical (unpaired) electrons. The summed E-state index contributed by atoms with van der Waals surface area (Å²) in [7, 11) is 0. The monoisotopic (exact) mass is 1240 g/mol. The van der Waals surface area contributed by atoms with Gasteiger partial charge in [0.2, 0.25) is 0 Å². The lowest BCUT2D eigenvalue weighted by Crippen LogP contribution is -2.82. The van der Waals surface area contributed by atoms with Gasteiger partial charge in [0.1, 0.15) is 85.5 Å². The number of carbonyl (C=O) groups excluding carboxylic acids is 7. The number of rotatable bonds is 18. The van der Waals surface area contributed by atoms with E-state index in [-0.39, 0.29) is 27.8 Å². The molecular formula is C61H73NO26. The molecular weight excluding hydrogens is 1160 g/mol. The van der Waals surface area contributed by atoms with Crippen molar-refractivity contribution in [2.45, 2.75) is 170 Å². The molecule has 3 aliphatic carbocycles. The summed E-state index contributed by atoms with van der Waals surface area (Å²) >= 11 is 0. The number of ether oxygens (including phenoxy) is 10. The molecule has 3 heterocycles. The average Bonchev–Trinajstić information content (AvgIpc) is 0.702. The molecule has 2 bridgehead atoms. The average molecular weight is 1240 g/mol. The third kappa shape index (κ3) is 12.0. The second-order valence-electron chi connectivity index (χ2n) is 23.6. The van der Waals surface area contributed by atoms with Crippen molar-refractivity contribution in [1.82, 2.24) is 5.32 Å². The second-order valence-corrected chi connectivity index (χ2v) is 23.6. The SMILES string of the molecule is CC(=O)O[C@H]1C(=O)[C@]2(C)[C@@H](OC(=O)CO[C@@H]3O[C@H](CO)[C@@H](O[C@@H]4O[C@H](CO)[C@@H](O)[C@H](O)[C@H]4O)[C@H](O)[C@H]3O)C[C@H]3OC[C@@]3(OC(C)=O)[C@H]2[C@H](OC(=O)c2ccccc2)[C@]2(O)C[C@H](OC(=O)[C@H](O)[C@@H](NC(=O)c3ccccc3)c3ccccc3)C(C)=C1C2(C)C. The van der Waals surface area contributed by atoms with Gasteiger partial charge in [-0.25, -0.2) is 14.4 Å². The third-order valence-corrected chi connectivity index (χ3v) is 18.0. The molecule has 5 fully saturated rings. The van der Waals surface area contributed by atoms with E-state index in [1.165, 1.54) is 64.1 Å². The fraction of sp³-hybridized carbons (Fsp3) is 0.557. The molecule has 0 unspecified atom stereocenters. The minimum absolute atomic E-state index is 0.0159. The van der Waals surface area contributed by atoms with Crippen molar-refractivity contribution in [3.8, 4) is 0 Å². The highest BCUT2D eigenvalue weighted by atomic mass is 16.7. The fourth-order valence-electron chi connectivity index (χ4n) is 13.4. The van der Waals surface area contributed by atoms with Crippen molar-refractivity contribution in [2.75, 3.05) is 26.4 Å². The number of aliphatic hydroxyl groups is 9. The first kappa shape index (κ1) is 65.8. The van der Waals surface area contributed by atoms with Crippen molar-refractivity contribution in [3.63, 3.8) is 0 Å². The Bertz CT molecular complexity index is 3090. The van der Waals surface area contributed by atoms with Crippen LogP contribution in [0.25, 0.3) is 0 Å². The van der Waals surface area contributed by atoms with Crippen LogP contribution in [-0.4, -0.2) is 223 Å². The number of esters is 5. The molecule has 27 heteroatoms. The normalized spacial score (nSPS) is 36.5. The molecule has 2 saturated carbocycles. The molecule has 478 valence electrons. The van der Waals surface area contributed by atoms with Crippen LogP contribution in [0.1, 0.15) is 86.7 Å². The van der Waals surface area contributed by atoms with Gasteiger partial charge in [0.05, 0.1) is 42.8 Å². The molecule has 88 heavy (non-hydrogen) atoms. The summed E-state index contributed by atoms with van der Waals surface area (Å²) in [5, 5.41) is 103. The summed E-state index contributed by atoms with van der Waals surface area (Å²) in [6.07, 6.45) is -30.7. The predicted octanol–water partition coefficient (Wildman–Crippen LogP) is -1.07. The summed E-state index contributed by atoms with van der Waals surface area (Å²) in [6, 6.07) is 22.0. The van der Waals surface area contributed by atoms with Gasteiger partial charge in [-0.2, -0.15) is 0 Å². The molecule has 21 atom stereocenters. The first-order valence-electron chi connectivity index (χ1n) is 28.6. The topological polar surface area (TPSA) is 406 Å². The number of amides is 1. The Morgan fingerprint density at radius 1 is 0.716 bits per heavy atom. The number of carbonyl (C=O) groups is 7. The van der Waals surface area contributed by atoms with Crippen LogP contribution in [0.3, 0.4) is 0 Å². The van der Waals surface area contributed by atoms with Crippen LogP contribution < -0.4 is 5.32 Å². The van der Waals surface area contributed by atoms with Crippen LogP contribution >= 0.6 is 0 Å². The summed E-state index contributed by atoms with van der Waals surface area (Å²) in [6.45, 7) is 4.22. The van der Waals surface area contributed by atoms with E-state index in [0.29, 0.717) is 0 Å². The Hall–Kier alpha value is -6.67. The first-order chi connectivity index (χ1) is 41.6. The number of hydrogen-bond acceptors (Lipinski definition) is 26. The molecule has 6 aliphatic rings. The van der Waals surface area contributed by atoms with Gasteiger partial charge in [0.15, 0.2) is 36.2 Å². The van der Waals surface area contributed by atoms with Crippen LogP contribution in [0.15, 0.2) is 102 Å². The van der Waals surface area contributed by atoms with Gasteiger partial charge < -0.3 is 98.6 Å². The quantitative estimate of drug-likeness (QED) is 0.0412. The largest absolute Gasteiger partial charge is 0.459 e. The van der Waals surface area contributed by atoms with Crippen LogP contribution in [0.4, 0.5) is 0 Å². The van der Waals surface area contributed by atoms with Crippen LogP contribution in [-0.2, 0) is 71.3 Å². The maximum Gasteiger partial charge on any atom is 0.338 e. The van der Waals surface area contributed by atoms with Gasteiger partial charge in [0, 0.05) is 37.7 Å². The van der Waals surface area contributed by atoms with Gasteiger partial charge in [-0.3, -0.25) is 19.2 Å². The highest BCUT2D eigenvalue weighted by Gasteiger charge is 2.79. The molecule has 3 saturated heterocycles. The Morgan fingerprint density at radius 2 is 1.31 bits per heavy atom. The summed E-state index contributed by atoms with van der Waals surface area (Å²) in [5.74, 6) is -9.32. The predicted molar refractivity (Wildman–Crippen MR) is 294 cm³/mol. The number of nitrogens with one attached hydrogen (secondary N) is 1. The van der Waals surface area contributed by atoms with Gasteiger partial charge in [0.25, 0.3) is 5.91 Å². The van der Waals surface area contributed by atoms with Gasteiger partial charge >= 0.3 is 29.8 Å². The molecule has 9 rings (SSSR count). The zero-order valence-corrected chi connectivity index (χ0v) is 48.8. The smallest absolute Gasteiger partial charge is 0.338 e. The van der Waals surface area contributed by atoms with E-state index in [4.69, 9.17) is 47.4 Å². The van der Waals surface area contributed by atoms with E-state index in [2.05, 4.69) is 5.32 Å². The lowest BCUT2D eigenvalue weighted by molar-refractivity contribution is -0.359. The van der Waals surface area contributed by atoms with Crippen molar-refractivity contribution in [2.24, 2.45) is 16.7 Å². The number of ketones is 1. The zero-order chi connectivity index (χ0) is 63.9. The summed E-state index contributed by atoms with van der Waals surface area (Å²) < 4.78 is 59.5. The summed E-state index contributed by atoms with van der Waals surface area (Å²) in [5.41, 5.74) is -8.74. The molecule has 0 spiro atoms. The maximum atomic E-state index is 16.4. The number of Topliss-reactive ketones (excluding diaryl/α,β-unsaturated/α-hetero) is 1. The first-order valence-corrected chi connectivity index (χ1v) is 28.6. The number of benzene rings is 3. The Balaban J connectivity index is 1.09. The van der Waals surface area contributed by atoms with Crippen LogP contribution in [0.5, 0.6) is 0 Å². The zero-order valence-electron chi connectivity index (χ0n) is 48.8. The lowest BCUT2D eigenvalue weighted by atomic mass is 9.44. The molecule has 1 amide bonds. The van der Waals surface area contributed by atoms with Crippen molar-refractivity contribution >= 4 is 41.5 Å². The third-order valence-electron chi connectivity index (χ3n) is 18.0. The highest BCUT2D eigenvalue weighted by molar-refractivity contribution is 5.96. The van der Waals surface area contributed by atoms with E-state index in [0.717, 1.165) is 13.8 Å². The van der Waals surface area contributed by atoms with Crippen LogP contribution in [0, 0.1) is 16.7 Å². The number of aliphatic hydroxyl groups excluding tert-OH is 8. The van der Waals surface area contributed by atoms with E-state index in [9.17, 15) is 74.7 Å². The second kappa shape index (κ2) is 26.0. The Labute approximate surface area is 503 Å². The standard InChI is InChI=1S/C61H73NO26/c1-28-34(82-55(77)43(69)41(31-16-10-7-11-17-31)62-53(75)32-18-12-8-13-19-32)23-61(78)52(87-54(76)33-20-14-9-15-21-33)50-59(6,51(74)49(81-29(2)65)40(28)58(61,4)5)37(22-38-60(50,27-80-38)88-30(3)66)85-39(67)26-79-56-47(73)45(71)48(36(25-64)84-56)86-57-46(72)44(70)42(68)35(24-63)83-57/h7-21,34-38,41-50,52,56-57,63-64,68-73,78H,22-27H2,1-6H3,(H,62,75)/t34-,35+,36+,37-,38+,41-,42+,43+,44-,45+,46+,47+,48+,49+,50-,52-,56+,57-,59+,60-,61+/m0/s1. The molecule has 10 N–H and O–H groups in total. The Kier molecular flexibility index (Phi) is 19.5. The lowest BCUT2D eigenvalue weighted by Gasteiger charge is -2.67. The minimum Gasteiger partial charge on any atom is -0.459 e. The van der Waals surface area contributed by atoms with E-state index < -0.39 is 213 Å². The van der Waals surface area contributed by atoms with Crippen molar-refractivity contribution < 1.29 is 127 Å². The number of hydrogen-bond donors (Lipinski definition) is 10. The minimum atomic E-state index is -2.64. The fourth-order valence-corrected chi connectivity index (χ4v) is 13.4. The van der Waals surface area contributed by atoms with E-state index >= 15 is 4.79 Å². The molecule has 3 aromatic rings. The van der Waals surface area contributed by atoms with Crippen LogP contribution in [0.2, 0.25) is 0 Å².